The number of fused-ring (bicyclic) bond motifs is 1. The fraction of sp³-hybridized carbons (Fsp3) is 0.222. The minimum atomic E-state index is -4.09. The van der Waals surface area contributed by atoms with Crippen LogP contribution < -0.4 is 10.0 Å². The first kappa shape index (κ1) is 19.3. The van der Waals surface area contributed by atoms with E-state index in [2.05, 4.69) is 0 Å². The maximum atomic E-state index is 12.5. The molecule has 27 heavy (non-hydrogen) atoms. The number of para-hydroxylation sites is 1. The number of sulfonamides is 1. The molecule has 1 aliphatic heterocycles. The van der Waals surface area contributed by atoms with Crippen molar-refractivity contribution in [2.75, 3.05) is 18.1 Å². The van der Waals surface area contributed by atoms with Gasteiger partial charge in [-0.3, -0.25) is 4.79 Å². The second-order valence-corrected chi connectivity index (χ2v) is 7.98. The number of nitrogens with two attached hydrogens (primary N) is 1. The zero-order chi connectivity index (χ0) is 19.6. The Labute approximate surface area is 161 Å². The molecule has 3 rings (SSSR count). The third-order valence-electron chi connectivity index (χ3n) is 4.21. The van der Waals surface area contributed by atoms with E-state index in [0.717, 1.165) is 30.2 Å². The molecular formula is C18H17ClN2O5S. The monoisotopic (exact) mass is 408 g/mol. The second-order valence-electron chi connectivity index (χ2n) is 6.04. The van der Waals surface area contributed by atoms with Gasteiger partial charge in [0, 0.05) is 12.2 Å². The van der Waals surface area contributed by atoms with Crippen LogP contribution in [0.4, 0.5) is 5.69 Å². The van der Waals surface area contributed by atoms with E-state index in [1.54, 1.807) is 4.90 Å². The number of aryl methyl sites for hydroxylation is 1. The highest BCUT2D eigenvalue weighted by molar-refractivity contribution is 7.89. The fourth-order valence-electron chi connectivity index (χ4n) is 2.93. The molecule has 2 aromatic rings. The van der Waals surface area contributed by atoms with Gasteiger partial charge in [-0.1, -0.05) is 29.8 Å². The minimum Gasteiger partial charge on any atom is -0.452 e. The maximum absolute atomic E-state index is 12.5. The number of hydrogen-bond donors (Lipinski definition) is 1. The molecular weight excluding hydrogens is 392 g/mol. The van der Waals surface area contributed by atoms with E-state index in [9.17, 15) is 18.0 Å². The van der Waals surface area contributed by atoms with E-state index in [1.807, 2.05) is 24.3 Å². The molecule has 0 atom stereocenters. The number of rotatable bonds is 4. The smallest absolute Gasteiger partial charge is 0.338 e. The van der Waals surface area contributed by atoms with Crippen molar-refractivity contribution >= 4 is 39.2 Å². The van der Waals surface area contributed by atoms with Gasteiger partial charge < -0.3 is 9.64 Å². The Balaban J connectivity index is 1.71. The van der Waals surface area contributed by atoms with Gasteiger partial charge in [0.2, 0.25) is 10.0 Å². The van der Waals surface area contributed by atoms with Crippen molar-refractivity contribution in [3.63, 3.8) is 0 Å². The average Bonchev–Trinajstić information content (AvgIpc) is 2.64. The van der Waals surface area contributed by atoms with Gasteiger partial charge in [-0.15, -0.1) is 0 Å². The van der Waals surface area contributed by atoms with E-state index in [-0.39, 0.29) is 21.4 Å². The summed E-state index contributed by atoms with van der Waals surface area (Å²) in [4.78, 5) is 25.9. The molecule has 0 spiro atoms. The van der Waals surface area contributed by atoms with Crippen LogP contribution in [-0.2, 0) is 26.0 Å². The molecule has 0 fully saturated rings. The molecule has 0 aliphatic carbocycles. The van der Waals surface area contributed by atoms with Crippen molar-refractivity contribution in [3.8, 4) is 0 Å². The van der Waals surface area contributed by atoms with Gasteiger partial charge in [-0.05, 0) is 42.7 Å². The highest BCUT2D eigenvalue weighted by Crippen LogP contribution is 2.27. The molecule has 142 valence electrons. The first-order chi connectivity index (χ1) is 12.8. The lowest BCUT2D eigenvalue weighted by molar-refractivity contribution is -0.121. The second kappa shape index (κ2) is 7.67. The maximum Gasteiger partial charge on any atom is 0.338 e. The van der Waals surface area contributed by atoms with Gasteiger partial charge in [0.15, 0.2) is 6.61 Å². The van der Waals surface area contributed by atoms with Crippen molar-refractivity contribution in [3.05, 3.63) is 58.6 Å². The third kappa shape index (κ3) is 4.29. The fourth-order valence-corrected chi connectivity index (χ4v) is 4.00. The van der Waals surface area contributed by atoms with Crippen molar-refractivity contribution in [2.24, 2.45) is 5.14 Å². The molecule has 1 heterocycles. The van der Waals surface area contributed by atoms with Crippen LogP contribution in [0.25, 0.3) is 0 Å². The molecule has 0 saturated carbocycles. The number of benzene rings is 2. The molecule has 0 saturated heterocycles. The van der Waals surface area contributed by atoms with Crippen LogP contribution in [-0.4, -0.2) is 33.4 Å². The summed E-state index contributed by atoms with van der Waals surface area (Å²) in [5, 5.41) is 4.96. The number of halogens is 1. The normalized spacial score (nSPS) is 13.8. The number of amides is 1. The van der Waals surface area contributed by atoms with E-state index in [4.69, 9.17) is 21.5 Å². The summed E-state index contributed by atoms with van der Waals surface area (Å²) in [5.41, 5.74) is 1.82. The Morgan fingerprint density at radius 2 is 1.93 bits per heavy atom. The molecule has 1 amide bonds. The first-order valence-electron chi connectivity index (χ1n) is 8.15. The summed E-state index contributed by atoms with van der Waals surface area (Å²) in [7, 11) is -4.09. The quantitative estimate of drug-likeness (QED) is 0.780. The first-order valence-corrected chi connectivity index (χ1v) is 10.1. The van der Waals surface area contributed by atoms with Gasteiger partial charge in [-0.2, -0.15) is 0 Å². The highest BCUT2D eigenvalue weighted by Gasteiger charge is 2.24. The van der Waals surface area contributed by atoms with Crippen LogP contribution >= 0.6 is 11.6 Å². The van der Waals surface area contributed by atoms with Gasteiger partial charge >= 0.3 is 5.97 Å². The van der Waals surface area contributed by atoms with Crippen LogP contribution in [0.15, 0.2) is 47.4 Å². The number of anilines is 1. The number of hydrogen-bond acceptors (Lipinski definition) is 5. The predicted octanol–water partition coefficient (Wildman–Crippen LogP) is 2.12. The molecule has 0 aromatic heterocycles. The van der Waals surface area contributed by atoms with Crippen LogP contribution in [0.3, 0.4) is 0 Å². The molecule has 2 aromatic carbocycles. The summed E-state index contributed by atoms with van der Waals surface area (Å²) >= 11 is 5.79. The number of esters is 1. The Kier molecular flexibility index (Phi) is 5.50. The standard InChI is InChI=1S/C18H17ClN2O5S/c19-14-8-7-13(10-16(14)27(20,24)25)18(23)26-11-17(22)21-9-3-5-12-4-1-2-6-15(12)21/h1-2,4,6-8,10H,3,5,9,11H2,(H2,20,24,25). The predicted molar refractivity (Wildman–Crippen MR) is 100 cm³/mol. The summed E-state index contributed by atoms with van der Waals surface area (Å²) in [5.74, 6) is -1.19. The lowest BCUT2D eigenvalue weighted by Gasteiger charge is -2.29. The lowest BCUT2D eigenvalue weighted by Crippen LogP contribution is -2.38. The summed E-state index contributed by atoms with van der Waals surface area (Å²) in [6.07, 6.45) is 1.71. The number of ether oxygens (including phenoxy) is 1. The Bertz CT molecular complexity index is 1010. The van der Waals surface area contributed by atoms with Crippen molar-refractivity contribution in [1.29, 1.82) is 0 Å². The lowest BCUT2D eigenvalue weighted by atomic mass is 10.0. The van der Waals surface area contributed by atoms with Crippen LogP contribution in [0.2, 0.25) is 5.02 Å². The summed E-state index contributed by atoms with van der Waals surface area (Å²) in [6, 6.07) is 11.1. The van der Waals surface area contributed by atoms with E-state index in [1.165, 1.54) is 12.1 Å². The SMILES string of the molecule is NS(=O)(=O)c1cc(C(=O)OCC(=O)N2CCCc3ccccc32)ccc1Cl. The molecule has 9 heteroatoms. The van der Waals surface area contributed by atoms with Gasteiger partial charge in [0.25, 0.3) is 5.91 Å². The Morgan fingerprint density at radius 1 is 1.19 bits per heavy atom. The number of nitrogens with zero attached hydrogens (tertiary/aromatic N) is 1. The molecule has 7 nitrogen and oxygen atoms in total. The summed E-state index contributed by atoms with van der Waals surface area (Å²) < 4.78 is 28.1. The molecule has 1 aliphatic rings. The minimum absolute atomic E-state index is 0.0599. The van der Waals surface area contributed by atoms with Gasteiger partial charge in [0.1, 0.15) is 4.90 Å². The van der Waals surface area contributed by atoms with E-state index >= 15 is 0 Å². The number of carbonyl (C=O) groups excluding carboxylic acids is 2. The number of carbonyl (C=O) groups is 2. The van der Waals surface area contributed by atoms with E-state index in [0.29, 0.717) is 6.54 Å². The van der Waals surface area contributed by atoms with Crippen molar-refractivity contribution < 1.29 is 22.7 Å². The zero-order valence-electron chi connectivity index (χ0n) is 14.2. The third-order valence-corrected chi connectivity index (χ3v) is 5.60. The number of primary sulfonamides is 1. The van der Waals surface area contributed by atoms with E-state index < -0.39 is 22.6 Å². The topological polar surface area (TPSA) is 107 Å². The Hall–Kier alpha value is -2.42. The van der Waals surface area contributed by atoms with Crippen molar-refractivity contribution in [1.82, 2.24) is 0 Å². The average molecular weight is 409 g/mol. The molecule has 0 radical (unpaired) electrons. The van der Waals surface area contributed by atoms with Crippen LogP contribution in [0.5, 0.6) is 0 Å². The largest absolute Gasteiger partial charge is 0.452 e. The summed E-state index contributed by atoms with van der Waals surface area (Å²) in [6.45, 7) is 0.0877. The molecule has 0 unspecified atom stereocenters. The van der Waals surface area contributed by atoms with Crippen molar-refractivity contribution in [2.45, 2.75) is 17.7 Å². The van der Waals surface area contributed by atoms with Crippen LogP contribution in [0, 0.1) is 0 Å². The van der Waals surface area contributed by atoms with Gasteiger partial charge in [0.05, 0.1) is 10.6 Å². The Morgan fingerprint density at radius 3 is 2.67 bits per heavy atom. The zero-order valence-corrected chi connectivity index (χ0v) is 15.8. The van der Waals surface area contributed by atoms with Gasteiger partial charge in [-0.25, -0.2) is 18.4 Å². The molecule has 0 bridgehead atoms. The molecule has 2 N–H and O–H groups in total. The van der Waals surface area contributed by atoms with Crippen LogP contribution in [0.1, 0.15) is 22.3 Å². The highest BCUT2D eigenvalue weighted by atomic mass is 35.5.